The normalized spacial score (nSPS) is 10.2. The lowest BCUT2D eigenvalue weighted by Crippen LogP contribution is -1.92. The number of anilines is 1. The van der Waals surface area contributed by atoms with Crippen LogP contribution in [0.3, 0.4) is 0 Å². The molecule has 0 aliphatic carbocycles. The van der Waals surface area contributed by atoms with Gasteiger partial charge in [0.15, 0.2) is 11.5 Å². The first-order valence-corrected chi connectivity index (χ1v) is 4.83. The summed E-state index contributed by atoms with van der Waals surface area (Å²) in [5.41, 5.74) is 6.76. The van der Waals surface area contributed by atoms with Gasteiger partial charge in [-0.3, -0.25) is 0 Å². The minimum atomic E-state index is -0.0103. The molecule has 1 heterocycles. The Labute approximate surface area is 97.5 Å². The lowest BCUT2D eigenvalue weighted by molar-refractivity contribution is 0.365. The maximum atomic E-state index is 9.73. The number of phenolic OH excluding ortho intramolecular Hbond substituents is 1. The molecule has 17 heavy (non-hydrogen) atoms. The van der Waals surface area contributed by atoms with Crippen LogP contribution in [0.4, 0.5) is 5.88 Å². The number of rotatable bonds is 3. The predicted molar refractivity (Wildman–Crippen MR) is 61.1 cm³/mol. The number of nitrogens with two attached hydrogens (primary N) is 1. The van der Waals surface area contributed by atoms with E-state index in [1.807, 2.05) is 0 Å². The van der Waals surface area contributed by atoms with Gasteiger partial charge in [-0.2, -0.15) is 0 Å². The van der Waals surface area contributed by atoms with Crippen LogP contribution < -0.4 is 15.2 Å². The number of aromatic hydroxyl groups is 1. The summed E-state index contributed by atoms with van der Waals surface area (Å²) in [7, 11) is 2.97. The number of aromatic nitrogens is 1. The van der Waals surface area contributed by atoms with Gasteiger partial charge >= 0.3 is 0 Å². The Hall–Kier alpha value is -2.37. The van der Waals surface area contributed by atoms with Crippen molar-refractivity contribution in [3.63, 3.8) is 0 Å². The quantitative estimate of drug-likeness (QED) is 0.841. The lowest BCUT2D eigenvalue weighted by Gasteiger charge is -2.10. The van der Waals surface area contributed by atoms with E-state index in [9.17, 15) is 5.11 Å². The summed E-state index contributed by atoms with van der Waals surface area (Å²) in [6.45, 7) is 0. The molecule has 0 aliphatic heterocycles. The summed E-state index contributed by atoms with van der Waals surface area (Å²) in [4.78, 5) is 0. The Morgan fingerprint density at radius 3 is 2.41 bits per heavy atom. The maximum Gasteiger partial charge on any atom is 0.230 e. The number of ether oxygens (including phenoxy) is 2. The zero-order chi connectivity index (χ0) is 12.4. The van der Waals surface area contributed by atoms with Crippen LogP contribution in [0, 0.1) is 0 Å². The van der Waals surface area contributed by atoms with Gasteiger partial charge in [0.25, 0.3) is 0 Å². The Kier molecular flexibility index (Phi) is 2.78. The highest BCUT2D eigenvalue weighted by Gasteiger charge is 2.16. The van der Waals surface area contributed by atoms with Crippen molar-refractivity contribution in [2.45, 2.75) is 0 Å². The van der Waals surface area contributed by atoms with Crippen LogP contribution in [0.25, 0.3) is 11.1 Å². The van der Waals surface area contributed by atoms with Gasteiger partial charge in [0.2, 0.25) is 5.88 Å². The van der Waals surface area contributed by atoms with E-state index < -0.39 is 0 Å². The first-order valence-electron chi connectivity index (χ1n) is 4.83. The van der Waals surface area contributed by atoms with Crippen LogP contribution in [0.5, 0.6) is 17.2 Å². The SMILES string of the molecule is COc1cc(OC)c(-c2cnoc2N)cc1O. The molecule has 1 aromatic carbocycles. The zero-order valence-corrected chi connectivity index (χ0v) is 9.43. The molecule has 0 radical (unpaired) electrons. The fourth-order valence-corrected chi connectivity index (χ4v) is 1.54. The molecule has 0 aliphatic rings. The van der Waals surface area contributed by atoms with Gasteiger partial charge in [0.1, 0.15) is 5.75 Å². The molecule has 0 saturated heterocycles. The van der Waals surface area contributed by atoms with Crippen LogP contribution in [0.2, 0.25) is 0 Å². The third-order valence-corrected chi connectivity index (χ3v) is 2.39. The molecule has 0 atom stereocenters. The van der Waals surface area contributed by atoms with Crippen molar-refractivity contribution in [1.82, 2.24) is 5.16 Å². The summed E-state index contributed by atoms with van der Waals surface area (Å²) in [5, 5.41) is 13.3. The van der Waals surface area contributed by atoms with Gasteiger partial charge in [0.05, 0.1) is 26.0 Å². The molecule has 0 bridgehead atoms. The molecule has 3 N–H and O–H groups in total. The summed E-state index contributed by atoms with van der Waals surface area (Å²) in [6.07, 6.45) is 1.46. The average molecular weight is 236 g/mol. The van der Waals surface area contributed by atoms with Gasteiger partial charge in [-0.15, -0.1) is 0 Å². The number of methoxy groups -OCH3 is 2. The lowest BCUT2D eigenvalue weighted by atomic mass is 10.1. The molecule has 0 fully saturated rings. The summed E-state index contributed by atoms with van der Waals surface area (Å²) < 4.78 is 15.0. The van der Waals surface area contributed by atoms with E-state index in [2.05, 4.69) is 5.16 Å². The molecular formula is C11H12N2O4. The number of hydrogen-bond acceptors (Lipinski definition) is 6. The van der Waals surface area contributed by atoms with Crippen LogP contribution in [0.1, 0.15) is 0 Å². The molecule has 0 unspecified atom stereocenters. The molecule has 90 valence electrons. The molecular weight excluding hydrogens is 224 g/mol. The first kappa shape index (κ1) is 11.1. The third kappa shape index (κ3) is 1.84. The van der Waals surface area contributed by atoms with E-state index in [0.29, 0.717) is 22.6 Å². The predicted octanol–water partition coefficient (Wildman–Crippen LogP) is 1.65. The fraction of sp³-hybridized carbons (Fsp3) is 0.182. The number of benzene rings is 1. The van der Waals surface area contributed by atoms with Crippen molar-refractivity contribution in [2.75, 3.05) is 20.0 Å². The second-order valence-electron chi connectivity index (χ2n) is 3.33. The topological polar surface area (TPSA) is 90.7 Å². The molecule has 2 aromatic rings. The monoisotopic (exact) mass is 236 g/mol. The summed E-state index contributed by atoms with van der Waals surface area (Å²) in [5.74, 6) is 0.979. The van der Waals surface area contributed by atoms with Crippen LogP contribution in [-0.2, 0) is 0 Å². The molecule has 2 rings (SSSR count). The largest absolute Gasteiger partial charge is 0.504 e. The van der Waals surface area contributed by atoms with E-state index in [-0.39, 0.29) is 11.6 Å². The van der Waals surface area contributed by atoms with Gasteiger partial charge < -0.3 is 24.8 Å². The van der Waals surface area contributed by atoms with Crippen LogP contribution >= 0.6 is 0 Å². The molecule has 0 saturated carbocycles. The summed E-state index contributed by atoms with van der Waals surface area (Å²) in [6, 6.07) is 3.05. The van der Waals surface area contributed by atoms with E-state index in [4.69, 9.17) is 19.7 Å². The van der Waals surface area contributed by atoms with Crippen LogP contribution in [-0.4, -0.2) is 24.5 Å². The van der Waals surface area contributed by atoms with Crippen molar-refractivity contribution in [1.29, 1.82) is 0 Å². The van der Waals surface area contributed by atoms with E-state index in [0.717, 1.165) is 0 Å². The van der Waals surface area contributed by atoms with Crippen molar-refractivity contribution < 1.29 is 19.1 Å². The Balaban J connectivity index is 2.61. The number of nitrogen functional groups attached to an aromatic ring is 1. The highest BCUT2D eigenvalue weighted by molar-refractivity contribution is 5.79. The minimum absolute atomic E-state index is 0.0103. The Bertz CT molecular complexity index is 536. The van der Waals surface area contributed by atoms with Gasteiger partial charge in [-0.25, -0.2) is 0 Å². The zero-order valence-electron chi connectivity index (χ0n) is 9.43. The third-order valence-electron chi connectivity index (χ3n) is 2.39. The number of hydrogen-bond donors (Lipinski definition) is 2. The Morgan fingerprint density at radius 1 is 1.18 bits per heavy atom. The van der Waals surface area contributed by atoms with Gasteiger partial charge in [-0.1, -0.05) is 5.16 Å². The maximum absolute atomic E-state index is 9.73. The van der Waals surface area contributed by atoms with E-state index >= 15 is 0 Å². The van der Waals surface area contributed by atoms with Crippen molar-refractivity contribution in [3.8, 4) is 28.4 Å². The fourth-order valence-electron chi connectivity index (χ4n) is 1.54. The highest BCUT2D eigenvalue weighted by atomic mass is 16.5. The molecule has 0 spiro atoms. The van der Waals surface area contributed by atoms with E-state index in [1.54, 1.807) is 6.07 Å². The van der Waals surface area contributed by atoms with Crippen LogP contribution in [0.15, 0.2) is 22.9 Å². The Morgan fingerprint density at radius 2 is 1.88 bits per heavy atom. The van der Waals surface area contributed by atoms with E-state index in [1.165, 1.54) is 26.5 Å². The van der Waals surface area contributed by atoms with Crippen molar-refractivity contribution in [3.05, 3.63) is 18.3 Å². The highest BCUT2D eigenvalue weighted by Crippen LogP contribution is 2.41. The van der Waals surface area contributed by atoms with Crippen molar-refractivity contribution >= 4 is 5.88 Å². The number of nitrogens with zero attached hydrogens (tertiary/aromatic N) is 1. The smallest absolute Gasteiger partial charge is 0.230 e. The standard InChI is InChI=1S/C11H12N2O4/c1-15-9-4-10(16-2)8(14)3-6(9)7-5-13-17-11(7)12/h3-5,14H,12H2,1-2H3. The first-order chi connectivity index (χ1) is 8.17. The summed E-state index contributed by atoms with van der Waals surface area (Å²) >= 11 is 0. The van der Waals surface area contributed by atoms with Crippen molar-refractivity contribution in [2.24, 2.45) is 0 Å². The molecule has 1 aromatic heterocycles. The van der Waals surface area contributed by atoms with Gasteiger partial charge in [0, 0.05) is 11.6 Å². The second-order valence-corrected chi connectivity index (χ2v) is 3.33. The molecule has 6 nitrogen and oxygen atoms in total. The average Bonchev–Trinajstić information content (AvgIpc) is 2.75. The molecule has 0 amide bonds. The number of phenols is 1. The molecule has 6 heteroatoms. The minimum Gasteiger partial charge on any atom is -0.504 e. The van der Waals surface area contributed by atoms with Gasteiger partial charge in [-0.05, 0) is 6.07 Å². The second kappa shape index (κ2) is 4.25.